The van der Waals surface area contributed by atoms with Crippen LogP contribution in [0.25, 0.3) is 0 Å². The van der Waals surface area contributed by atoms with E-state index in [0.29, 0.717) is 0 Å². The molecule has 0 unspecified atom stereocenters. The maximum atomic E-state index is 3.77. The second-order valence-electron chi connectivity index (χ2n) is 1.70. The van der Waals surface area contributed by atoms with Gasteiger partial charge in [-0.25, -0.2) is 0 Å². The average Bonchev–Trinajstić information content (AvgIpc) is 1.65. The molecule has 0 aliphatic rings. The highest BCUT2D eigenvalue weighted by molar-refractivity contribution is 8.06. The molecule has 0 aromatic rings. The van der Waals surface area contributed by atoms with Gasteiger partial charge >= 0.3 is 0 Å². The Morgan fingerprint density at radius 1 is 1.50 bits per heavy atom. The summed E-state index contributed by atoms with van der Waals surface area (Å²) in [5.74, 6) is 0. The molecule has 0 bridgehead atoms. The van der Waals surface area contributed by atoms with Crippen molar-refractivity contribution in [3.8, 4) is 0 Å². The van der Waals surface area contributed by atoms with E-state index in [0.717, 1.165) is 4.91 Å². The summed E-state index contributed by atoms with van der Waals surface area (Å²) in [6.45, 7) is 9.89. The van der Waals surface area contributed by atoms with Crippen LogP contribution in [0.4, 0.5) is 0 Å². The number of rotatable bonds is 2. The Morgan fingerprint density at radius 2 is 2.00 bits per heavy atom. The van der Waals surface area contributed by atoms with Crippen LogP contribution in [0, 0.1) is 0 Å². The van der Waals surface area contributed by atoms with Gasteiger partial charge in [0, 0.05) is 0 Å². The molecule has 0 spiro atoms. The number of hydrogen-bond donors (Lipinski definition) is 0. The summed E-state index contributed by atoms with van der Waals surface area (Å²) in [4.78, 5) is 2.47. The lowest BCUT2D eigenvalue weighted by Crippen LogP contribution is -1.63. The van der Waals surface area contributed by atoms with E-state index in [1.54, 1.807) is 11.8 Å². The van der Waals surface area contributed by atoms with Crippen molar-refractivity contribution >= 4 is 11.8 Å². The molecular formula is C7H12S. The summed E-state index contributed by atoms with van der Waals surface area (Å²) in [7, 11) is 0. The van der Waals surface area contributed by atoms with Crippen LogP contribution in [0.15, 0.2) is 22.5 Å². The zero-order chi connectivity index (χ0) is 6.57. The van der Waals surface area contributed by atoms with Crippen LogP contribution in [0.3, 0.4) is 0 Å². The molecule has 0 aromatic heterocycles. The highest BCUT2D eigenvalue weighted by atomic mass is 32.2. The van der Waals surface area contributed by atoms with Gasteiger partial charge in [-0.15, -0.1) is 11.8 Å². The first-order chi connectivity index (χ1) is 3.66. The Hall–Kier alpha value is -0.170. The Bertz CT molecular complexity index is 112. The minimum Gasteiger partial charge on any atom is -0.101 e. The van der Waals surface area contributed by atoms with Crippen molar-refractivity contribution in [2.24, 2.45) is 0 Å². The van der Waals surface area contributed by atoms with Gasteiger partial charge in [-0.2, -0.15) is 0 Å². The molecule has 0 aromatic carbocycles. The van der Waals surface area contributed by atoms with Gasteiger partial charge < -0.3 is 0 Å². The van der Waals surface area contributed by atoms with Crippen molar-refractivity contribution < 1.29 is 0 Å². The monoisotopic (exact) mass is 128 g/mol. The van der Waals surface area contributed by atoms with Crippen LogP contribution in [0.2, 0.25) is 0 Å². The number of hydrogen-bond acceptors (Lipinski definition) is 1. The lowest BCUT2D eigenvalue weighted by atomic mass is 10.6. The summed E-state index contributed by atoms with van der Waals surface area (Å²) in [6.07, 6.45) is 2.08. The van der Waals surface area contributed by atoms with Gasteiger partial charge in [0.25, 0.3) is 0 Å². The predicted molar refractivity (Wildman–Crippen MR) is 41.8 cm³/mol. The lowest BCUT2D eigenvalue weighted by Gasteiger charge is -1.95. The minimum atomic E-state index is 1.15. The van der Waals surface area contributed by atoms with Crippen molar-refractivity contribution in [1.29, 1.82) is 0 Å². The van der Waals surface area contributed by atoms with Gasteiger partial charge in [0.05, 0.1) is 0 Å². The summed E-state index contributed by atoms with van der Waals surface area (Å²) in [5.41, 5.74) is 0. The predicted octanol–water partition coefficient (Wildman–Crippen LogP) is 3.18. The average molecular weight is 128 g/mol. The summed E-state index contributed by atoms with van der Waals surface area (Å²) >= 11 is 1.72. The minimum absolute atomic E-state index is 1.15. The van der Waals surface area contributed by atoms with Gasteiger partial charge in [-0.1, -0.05) is 12.7 Å². The number of thioether (sulfide) groups is 1. The fourth-order valence-electron chi connectivity index (χ4n) is 0.334. The van der Waals surface area contributed by atoms with Crippen molar-refractivity contribution in [2.75, 3.05) is 0 Å². The molecule has 0 saturated heterocycles. The fraction of sp³-hybridized carbons (Fsp3) is 0.429. The van der Waals surface area contributed by atoms with E-state index in [2.05, 4.69) is 19.6 Å². The first-order valence-electron chi connectivity index (χ1n) is 2.63. The normalized spacial score (nSPS) is 11.6. The Kier molecular flexibility index (Phi) is 3.71. The van der Waals surface area contributed by atoms with Crippen molar-refractivity contribution in [2.45, 2.75) is 20.8 Å². The van der Waals surface area contributed by atoms with Gasteiger partial charge in [-0.05, 0) is 30.6 Å². The Balaban J connectivity index is 3.56. The molecule has 0 amide bonds. The van der Waals surface area contributed by atoms with Gasteiger partial charge in [-0.3, -0.25) is 0 Å². The van der Waals surface area contributed by atoms with E-state index in [1.165, 1.54) is 4.91 Å². The molecule has 0 saturated carbocycles. The smallest absolute Gasteiger partial charge is 0.0180 e. The van der Waals surface area contributed by atoms with Crippen LogP contribution in [-0.4, -0.2) is 0 Å². The van der Waals surface area contributed by atoms with Crippen LogP contribution in [0.5, 0.6) is 0 Å². The molecule has 1 heteroatoms. The van der Waals surface area contributed by atoms with E-state index < -0.39 is 0 Å². The zero-order valence-electron chi connectivity index (χ0n) is 5.69. The third-order valence-electron chi connectivity index (χ3n) is 0.742. The molecule has 0 rings (SSSR count). The van der Waals surface area contributed by atoms with Crippen molar-refractivity contribution in [3.05, 3.63) is 22.5 Å². The van der Waals surface area contributed by atoms with Gasteiger partial charge in [0.15, 0.2) is 0 Å². The molecule has 46 valence electrons. The van der Waals surface area contributed by atoms with Crippen LogP contribution in [0.1, 0.15) is 20.8 Å². The van der Waals surface area contributed by atoms with Crippen LogP contribution >= 0.6 is 11.8 Å². The molecule has 0 atom stereocenters. The summed E-state index contributed by atoms with van der Waals surface area (Å²) in [5, 5.41) is 0. The van der Waals surface area contributed by atoms with Crippen molar-refractivity contribution in [3.63, 3.8) is 0 Å². The third kappa shape index (κ3) is 4.00. The maximum Gasteiger partial charge on any atom is -0.0180 e. The highest BCUT2D eigenvalue weighted by Crippen LogP contribution is 2.21. The van der Waals surface area contributed by atoms with Crippen molar-refractivity contribution in [1.82, 2.24) is 0 Å². The van der Waals surface area contributed by atoms with Gasteiger partial charge in [0.1, 0.15) is 0 Å². The fourth-order valence-corrected chi connectivity index (χ4v) is 1.00. The first kappa shape index (κ1) is 7.83. The molecule has 0 radical (unpaired) electrons. The number of allylic oxidation sites excluding steroid dienone is 3. The molecule has 0 fully saturated rings. The standard InChI is InChI=1S/C7H12S/c1-5-7(4)8-6(2)3/h5H,2H2,1,3-4H3/b7-5-. The van der Waals surface area contributed by atoms with E-state index >= 15 is 0 Å². The quantitative estimate of drug-likeness (QED) is 0.550. The van der Waals surface area contributed by atoms with Gasteiger partial charge in [0.2, 0.25) is 0 Å². The van der Waals surface area contributed by atoms with E-state index in [4.69, 9.17) is 0 Å². The van der Waals surface area contributed by atoms with E-state index in [1.807, 2.05) is 13.8 Å². The highest BCUT2D eigenvalue weighted by Gasteiger charge is 1.85. The summed E-state index contributed by atoms with van der Waals surface area (Å²) < 4.78 is 0. The maximum absolute atomic E-state index is 3.77. The molecule has 0 nitrogen and oxygen atoms in total. The van der Waals surface area contributed by atoms with E-state index in [-0.39, 0.29) is 0 Å². The first-order valence-corrected chi connectivity index (χ1v) is 3.44. The third-order valence-corrected chi connectivity index (χ3v) is 1.65. The Labute approximate surface area is 55.7 Å². The topological polar surface area (TPSA) is 0 Å². The second-order valence-corrected chi connectivity index (χ2v) is 3.25. The van der Waals surface area contributed by atoms with Crippen LogP contribution in [-0.2, 0) is 0 Å². The molecule has 8 heavy (non-hydrogen) atoms. The van der Waals surface area contributed by atoms with Crippen LogP contribution < -0.4 is 0 Å². The molecular weight excluding hydrogens is 116 g/mol. The largest absolute Gasteiger partial charge is 0.101 e. The second kappa shape index (κ2) is 3.79. The molecule has 0 heterocycles. The summed E-state index contributed by atoms with van der Waals surface area (Å²) in [6, 6.07) is 0. The zero-order valence-corrected chi connectivity index (χ0v) is 6.51. The molecule has 0 aliphatic heterocycles. The lowest BCUT2D eigenvalue weighted by molar-refractivity contribution is 1.59. The van der Waals surface area contributed by atoms with E-state index in [9.17, 15) is 0 Å². The Morgan fingerprint density at radius 3 is 2.12 bits per heavy atom. The molecule has 0 N–H and O–H groups in total. The molecule has 0 aliphatic carbocycles. The SMILES string of the molecule is C=C(C)S/C(C)=C\C.